The van der Waals surface area contributed by atoms with Gasteiger partial charge in [-0.2, -0.15) is 0 Å². The van der Waals surface area contributed by atoms with Gasteiger partial charge in [0, 0.05) is 36.1 Å². The summed E-state index contributed by atoms with van der Waals surface area (Å²) < 4.78 is 22.1. The predicted octanol–water partition coefficient (Wildman–Crippen LogP) is 8.38. The van der Waals surface area contributed by atoms with Gasteiger partial charge in [0.05, 0.1) is 25.3 Å². The summed E-state index contributed by atoms with van der Waals surface area (Å²) in [5, 5.41) is 22.5. The number of carbonyl (C=O) groups excluding carboxylic acids is 2. The lowest BCUT2D eigenvalue weighted by Gasteiger charge is -2.08. The van der Waals surface area contributed by atoms with E-state index in [-0.39, 0.29) is 11.9 Å². The SMILES string of the molecule is COC(=O)c1ccccc1-c1cccc2c1oc1ccccc12.COC(=O)c1ccccc1I.OB(O)c1cccc2c1oc1ccccc12. The number of esters is 2. The minimum Gasteiger partial charge on any atom is -0.465 e. The molecule has 2 N–H and O–H groups in total. The summed E-state index contributed by atoms with van der Waals surface area (Å²) in [6.07, 6.45) is 0. The Morgan fingerprint density at radius 3 is 1.62 bits per heavy atom. The summed E-state index contributed by atoms with van der Waals surface area (Å²) >= 11 is 2.10. The average molecular weight is 776 g/mol. The smallest absolute Gasteiger partial charge is 0.465 e. The monoisotopic (exact) mass is 776 g/mol. The van der Waals surface area contributed by atoms with Crippen LogP contribution in [0.5, 0.6) is 0 Å². The van der Waals surface area contributed by atoms with E-state index in [1.165, 1.54) is 14.2 Å². The quantitative estimate of drug-likeness (QED) is 0.104. The van der Waals surface area contributed by atoms with Crippen LogP contribution in [0.25, 0.3) is 55.0 Å². The van der Waals surface area contributed by atoms with Gasteiger partial charge in [-0.1, -0.05) is 103 Å². The second-order valence-electron chi connectivity index (χ2n) is 11.0. The van der Waals surface area contributed by atoms with Crippen LogP contribution >= 0.6 is 22.6 Å². The normalized spacial score (nSPS) is 10.7. The van der Waals surface area contributed by atoms with Crippen LogP contribution < -0.4 is 5.46 Å². The standard InChI is InChI=1S/C20H14O3.C12H9BO3.C8H7IO2/c1-22-20(21)17-9-3-2-7-13(17)15-10-6-11-16-14-8-4-5-12-18(14)23-19(15)16;14-13(15)10-6-3-5-9-8-4-1-2-7-11(8)16-12(9)10;1-11-8(10)6-4-2-3-5-7(6)9/h2-12H,1H3;1-7,14-15H;2-5H,1H3. The van der Waals surface area contributed by atoms with Crippen LogP contribution in [0.3, 0.4) is 0 Å². The molecule has 248 valence electrons. The third-order valence-electron chi connectivity index (χ3n) is 8.02. The van der Waals surface area contributed by atoms with Gasteiger partial charge in [-0.3, -0.25) is 0 Å². The molecule has 50 heavy (non-hydrogen) atoms. The molecule has 0 spiro atoms. The molecule has 0 atom stereocenters. The van der Waals surface area contributed by atoms with Crippen molar-refractivity contribution in [3.63, 3.8) is 0 Å². The van der Waals surface area contributed by atoms with Crippen molar-refractivity contribution in [2.24, 2.45) is 0 Å². The van der Waals surface area contributed by atoms with Gasteiger partial charge in [0.1, 0.15) is 22.3 Å². The van der Waals surface area contributed by atoms with Crippen molar-refractivity contribution in [2.75, 3.05) is 14.2 Å². The Bertz CT molecular complexity index is 2460. The lowest BCUT2D eigenvalue weighted by molar-refractivity contribution is 0.0591. The zero-order valence-electron chi connectivity index (χ0n) is 27.0. The first-order valence-electron chi connectivity index (χ1n) is 15.5. The maximum Gasteiger partial charge on any atom is 0.492 e. The van der Waals surface area contributed by atoms with Crippen molar-refractivity contribution >= 4 is 91.0 Å². The highest BCUT2D eigenvalue weighted by molar-refractivity contribution is 14.1. The molecule has 0 aliphatic carbocycles. The van der Waals surface area contributed by atoms with Crippen LogP contribution in [-0.4, -0.2) is 43.3 Å². The van der Waals surface area contributed by atoms with Gasteiger partial charge < -0.3 is 28.4 Å². The number of hydrogen-bond donors (Lipinski definition) is 2. The molecule has 6 aromatic carbocycles. The van der Waals surface area contributed by atoms with Crippen LogP contribution in [0, 0.1) is 3.57 Å². The molecule has 0 aliphatic rings. The van der Waals surface area contributed by atoms with Gasteiger partial charge in [-0.15, -0.1) is 0 Å². The molecule has 0 saturated heterocycles. The van der Waals surface area contributed by atoms with Crippen LogP contribution in [0.2, 0.25) is 0 Å². The van der Waals surface area contributed by atoms with E-state index < -0.39 is 7.12 Å². The third kappa shape index (κ3) is 6.99. The van der Waals surface area contributed by atoms with Crippen LogP contribution in [-0.2, 0) is 9.47 Å². The maximum atomic E-state index is 12.1. The van der Waals surface area contributed by atoms with E-state index in [0.29, 0.717) is 22.2 Å². The number of para-hydroxylation sites is 4. The van der Waals surface area contributed by atoms with Crippen molar-refractivity contribution in [1.82, 2.24) is 0 Å². The Kier molecular flexibility index (Phi) is 10.6. The topological polar surface area (TPSA) is 119 Å². The van der Waals surface area contributed by atoms with E-state index in [0.717, 1.165) is 53.0 Å². The third-order valence-corrected chi connectivity index (χ3v) is 8.96. The molecule has 8 nitrogen and oxygen atoms in total. The summed E-state index contributed by atoms with van der Waals surface area (Å²) in [7, 11) is 1.26. The molecule has 0 bridgehead atoms. The van der Waals surface area contributed by atoms with E-state index in [2.05, 4.69) is 27.3 Å². The van der Waals surface area contributed by atoms with Gasteiger partial charge in [0.15, 0.2) is 0 Å². The Hall–Kier alpha value is -5.43. The molecule has 2 aromatic heterocycles. The molecule has 0 radical (unpaired) electrons. The van der Waals surface area contributed by atoms with Gasteiger partial charge in [0.2, 0.25) is 0 Å². The fraction of sp³-hybridized carbons (Fsp3) is 0.0500. The molecule has 0 saturated carbocycles. The number of methoxy groups -OCH3 is 2. The molecular weight excluding hydrogens is 746 g/mol. The fourth-order valence-electron chi connectivity index (χ4n) is 5.67. The highest BCUT2D eigenvalue weighted by Crippen LogP contribution is 2.37. The van der Waals surface area contributed by atoms with Crippen LogP contribution in [0.1, 0.15) is 20.7 Å². The Morgan fingerprint density at radius 1 is 0.540 bits per heavy atom. The number of ether oxygens (including phenoxy) is 2. The molecule has 10 heteroatoms. The van der Waals surface area contributed by atoms with Crippen LogP contribution in [0.4, 0.5) is 0 Å². The Morgan fingerprint density at radius 2 is 1.00 bits per heavy atom. The van der Waals surface area contributed by atoms with Crippen molar-refractivity contribution in [3.05, 3.63) is 148 Å². The summed E-state index contributed by atoms with van der Waals surface area (Å²) in [4.78, 5) is 23.1. The largest absolute Gasteiger partial charge is 0.492 e. The first-order valence-corrected chi connectivity index (χ1v) is 16.6. The average Bonchev–Trinajstić information content (AvgIpc) is 3.73. The second kappa shape index (κ2) is 15.4. The number of furan rings is 2. The van der Waals surface area contributed by atoms with Crippen molar-refractivity contribution in [3.8, 4) is 11.1 Å². The predicted molar refractivity (Wildman–Crippen MR) is 205 cm³/mol. The first-order chi connectivity index (χ1) is 24.3. The highest BCUT2D eigenvalue weighted by Gasteiger charge is 2.19. The lowest BCUT2D eigenvalue weighted by Crippen LogP contribution is -2.29. The molecule has 0 fully saturated rings. The molecule has 2 heterocycles. The number of fused-ring (bicyclic) bond motifs is 6. The molecular formula is C40H30BIO8. The minimum absolute atomic E-state index is 0.282. The van der Waals surface area contributed by atoms with E-state index >= 15 is 0 Å². The first kappa shape index (κ1) is 34.4. The zero-order valence-corrected chi connectivity index (χ0v) is 29.2. The molecule has 8 rings (SSSR count). The van der Waals surface area contributed by atoms with E-state index in [4.69, 9.17) is 13.6 Å². The van der Waals surface area contributed by atoms with Gasteiger partial charge in [0.25, 0.3) is 0 Å². The van der Waals surface area contributed by atoms with Gasteiger partial charge >= 0.3 is 19.1 Å². The van der Waals surface area contributed by atoms with Crippen molar-refractivity contribution < 1.29 is 37.9 Å². The maximum absolute atomic E-state index is 12.1. The van der Waals surface area contributed by atoms with Gasteiger partial charge in [-0.25, -0.2) is 9.59 Å². The summed E-state index contributed by atoms with van der Waals surface area (Å²) in [5.74, 6) is -0.635. The molecule has 0 unspecified atom stereocenters. The van der Waals surface area contributed by atoms with Crippen molar-refractivity contribution in [1.29, 1.82) is 0 Å². The summed E-state index contributed by atoms with van der Waals surface area (Å²) in [5.41, 5.74) is 6.16. The number of benzene rings is 6. The Labute approximate surface area is 301 Å². The van der Waals surface area contributed by atoms with E-state index in [1.807, 2.05) is 109 Å². The zero-order chi connectivity index (χ0) is 35.2. The molecule has 0 amide bonds. The number of hydrogen-bond acceptors (Lipinski definition) is 8. The summed E-state index contributed by atoms with van der Waals surface area (Å²) in [6, 6.07) is 41.6. The summed E-state index contributed by atoms with van der Waals surface area (Å²) in [6.45, 7) is 0. The van der Waals surface area contributed by atoms with Crippen molar-refractivity contribution in [2.45, 2.75) is 0 Å². The second-order valence-corrected chi connectivity index (χ2v) is 12.1. The number of halogens is 1. The molecule has 8 aromatic rings. The highest BCUT2D eigenvalue weighted by atomic mass is 127. The van der Waals surface area contributed by atoms with Gasteiger partial charge in [-0.05, 0) is 58.5 Å². The van der Waals surface area contributed by atoms with Crippen LogP contribution in [0.15, 0.2) is 142 Å². The Balaban J connectivity index is 0.000000139. The van der Waals surface area contributed by atoms with E-state index in [1.54, 1.807) is 24.3 Å². The number of rotatable bonds is 4. The lowest BCUT2D eigenvalue weighted by atomic mass is 9.79. The fourth-order valence-corrected chi connectivity index (χ4v) is 6.28. The van der Waals surface area contributed by atoms with E-state index in [9.17, 15) is 19.6 Å². The number of carbonyl (C=O) groups is 2. The minimum atomic E-state index is -1.51. The molecule has 0 aliphatic heterocycles.